The zero-order valence-corrected chi connectivity index (χ0v) is 16.5. The highest BCUT2D eigenvalue weighted by Crippen LogP contribution is 2.27. The summed E-state index contributed by atoms with van der Waals surface area (Å²) in [7, 11) is 0. The molecule has 0 spiro atoms. The van der Waals surface area contributed by atoms with E-state index in [1.165, 1.54) is 16.6 Å². The molecule has 0 saturated heterocycles. The molecule has 0 unspecified atom stereocenters. The molecule has 10 heteroatoms. The number of halogens is 3. The number of rotatable bonds is 7. The van der Waals surface area contributed by atoms with E-state index in [0.29, 0.717) is 17.8 Å². The van der Waals surface area contributed by atoms with Crippen LogP contribution in [0.2, 0.25) is 0 Å². The van der Waals surface area contributed by atoms with E-state index < -0.39 is 17.5 Å². The van der Waals surface area contributed by atoms with Crippen LogP contribution in [0.3, 0.4) is 0 Å². The van der Waals surface area contributed by atoms with E-state index in [4.69, 9.17) is 0 Å². The quantitative estimate of drug-likeness (QED) is 0.534. The molecule has 0 bridgehead atoms. The van der Waals surface area contributed by atoms with E-state index in [1.807, 2.05) is 16.0 Å². The topological polar surface area (TPSA) is 59.8 Å². The highest BCUT2D eigenvalue weighted by molar-refractivity contribution is 9.10. The molecule has 1 N–H and O–H groups in total. The number of nitrogens with one attached hydrogen (secondary N) is 1. The third-order valence-electron chi connectivity index (χ3n) is 3.36. The second-order valence-corrected chi connectivity index (χ2v) is 8.05. The number of aromatic nitrogens is 3. The van der Waals surface area contributed by atoms with Crippen molar-refractivity contribution in [3.63, 3.8) is 0 Å². The van der Waals surface area contributed by atoms with E-state index in [-0.39, 0.29) is 15.9 Å². The van der Waals surface area contributed by atoms with Gasteiger partial charge in [0.25, 0.3) is 0 Å². The van der Waals surface area contributed by atoms with E-state index in [0.717, 1.165) is 12.5 Å². The Hall–Kier alpha value is -1.78. The molecule has 0 aliphatic rings. The number of carbonyl (C=O) groups is 1. The number of benzene rings is 1. The number of amides is 1. The van der Waals surface area contributed by atoms with Gasteiger partial charge in [-0.3, -0.25) is 4.79 Å². The average Bonchev–Trinajstić information content (AvgIpc) is 3.25. The summed E-state index contributed by atoms with van der Waals surface area (Å²) >= 11 is 5.92. The molecule has 0 fully saturated rings. The second kappa shape index (κ2) is 8.74. The predicted octanol–water partition coefficient (Wildman–Crippen LogP) is 4.35. The van der Waals surface area contributed by atoms with Crippen molar-refractivity contribution in [2.24, 2.45) is 0 Å². The average molecular weight is 459 g/mol. The lowest BCUT2D eigenvalue weighted by atomic mass is 10.3. The summed E-state index contributed by atoms with van der Waals surface area (Å²) < 4.78 is 28.9. The van der Waals surface area contributed by atoms with Crippen LogP contribution in [0.4, 0.5) is 14.5 Å². The summed E-state index contributed by atoms with van der Waals surface area (Å²) in [5.41, 5.74) is -0.0869. The summed E-state index contributed by atoms with van der Waals surface area (Å²) in [4.78, 5) is 13.3. The van der Waals surface area contributed by atoms with Crippen LogP contribution in [-0.4, -0.2) is 26.4 Å². The van der Waals surface area contributed by atoms with Gasteiger partial charge < -0.3 is 9.88 Å². The Kier molecular flexibility index (Phi) is 6.38. The molecule has 136 valence electrons. The molecular formula is C16H13BrF2N4OS2. The van der Waals surface area contributed by atoms with Gasteiger partial charge in [0.2, 0.25) is 5.91 Å². The lowest BCUT2D eigenvalue weighted by Crippen LogP contribution is -2.16. The Labute approximate surface area is 165 Å². The van der Waals surface area contributed by atoms with Crippen LogP contribution in [0.25, 0.3) is 0 Å². The van der Waals surface area contributed by atoms with Crippen molar-refractivity contribution in [1.82, 2.24) is 14.8 Å². The Morgan fingerprint density at radius 1 is 1.38 bits per heavy atom. The van der Waals surface area contributed by atoms with Gasteiger partial charge in [-0.25, -0.2) is 8.78 Å². The molecule has 3 rings (SSSR count). The minimum Gasteiger partial charge on any atom is -0.322 e. The molecule has 2 aromatic heterocycles. The number of anilines is 1. The molecule has 5 nitrogen and oxygen atoms in total. The Bertz CT molecular complexity index is 879. The van der Waals surface area contributed by atoms with Crippen molar-refractivity contribution in [3.8, 4) is 0 Å². The van der Waals surface area contributed by atoms with Crippen LogP contribution in [0, 0.1) is 11.6 Å². The molecule has 1 aromatic carbocycles. The minimum absolute atomic E-state index is 0.0287. The smallest absolute Gasteiger partial charge is 0.234 e. The van der Waals surface area contributed by atoms with Crippen LogP contribution in [0.5, 0.6) is 0 Å². The zero-order valence-electron chi connectivity index (χ0n) is 13.3. The number of thioether (sulfide) groups is 1. The van der Waals surface area contributed by atoms with E-state index in [9.17, 15) is 13.6 Å². The number of aryl methyl sites for hydroxylation is 2. The first-order valence-electron chi connectivity index (χ1n) is 7.50. The van der Waals surface area contributed by atoms with Gasteiger partial charge in [0.05, 0.1) is 11.4 Å². The summed E-state index contributed by atoms with van der Waals surface area (Å²) in [5.74, 6) is -1.95. The number of hydrogen-bond donors (Lipinski definition) is 1. The second-order valence-electron chi connectivity index (χ2n) is 5.22. The molecule has 3 aromatic rings. The van der Waals surface area contributed by atoms with Gasteiger partial charge >= 0.3 is 0 Å². The van der Waals surface area contributed by atoms with E-state index in [1.54, 1.807) is 17.7 Å². The molecule has 1 amide bonds. The van der Waals surface area contributed by atoms with Gasteiger partial charge in [0.15, 0.2) is 11.0 Å². The Balaban J connectivity index is 1.56. The van der Waals surface area contributed by atoms with Gasteiger partial charge in [0, 0.05) is 22.0 Å². The molecular weight excluding hydrogens is 446 g/mol. The maximum Gasteiger partial charge on any atom is 0.234 e. The van der Waals surface area contributed by atoms with Crippen molar-refractivity contribution in [1.29, 1.82) is 0 Å². The van der Waals surface area contributed by atoms with E-state index in [2.05, 4.69) is 37.5 Å². The molecule has 26 heavy (non-hydrogen) atoms. The van der Waals surface area contributed by atoms with Gasteiger partial charge in [-0.15, -0.1) is 21.5 Å². The Morgan fingerprint density at radius 2 is 2.23 bits per heavy atom. The van der Waals surface area contributed by atoms with Crippen LogP contribution < -0.4 is 5.32 Å². The first-order chi connectivity index (χ1) is 12.5. The molecule has 0 saturated carbocycles. The molecule has 0 aliphatic heterocycles. The maximum absolute atomic E-state index is 13.8. The Morgan fingerprint density at radius 3 is 2.96 bits per heavy atom. The fraction of sp³-hybridized carbons (Fsp3) is 0.188. The molecule has 2 heterocycles. The molecule has 0 radical (unpaired) electrons. The van der Waals surface area contributed by atoms with Crippen molar-refractivity contribution in [2.45, 2.75) is 18.1 Å². The van der Waals surface area contributed by atoms with Crippen LogP contribution in [0.15, 0.2) is 45.6 Å². The number of hydrogen-bond acceptors (Lipinski definition) is 5. The first kappa shape index (κ1) is 19.0. The van der Waals surface area contributed by atoms with E-state index >= 15 is 0 Å². The summed E-state index contributed by atoms with van der Waals surface area (Å²) in [6.07, 6.45) is 2.47. The van der Waals surface area contributed by atoms with Crippen LogP contribution in [-0.2, 0) is 17.8 Å². The van der Waals surface area contributed by atoms with Crippen molar-refractivity contribution in [3.05, 3.63) is 57.0 Å². The van der Waals surface area contributed by atoms with Crippen molar-refractivity contribution in [2.75, 3.05) is 11.1 Å². The summed E-state index contributed by atoms with van der Waals surface area (Å²) in [6, 6.07) is 5.87. The molecule has 0 aliphatic carbocycles. The standard InChI is InChI=1S/C16H13BrF2N4OS2/c17-12-6-10(18)7-13(19)15(12)21-14(24)8-26-16-22-20-9-23(16)4-3-11-2-1-5-25-11/h1-2,5-7,9H,3-4,8H2,(H,21,24). The van der Waals surface area contributed by atoms with Gasteiger partial charge in [-0.2, -0.15) is 0 Å². The number of carbonyl (C=O) groups excluding carboxylic acids is 1. The van der Waals surface area contributed by atoms with Crippen LogP contribution in [0.1, 0.15) is 4.88 Å². The SMILES string of the molecule is O=C(CSc1nncn1CCc1cccs1)Nc1c(F)cc(F)cc1Br. The number of nitrogens with zero attached hydrogens (tertiary/aromatic N) is 3. The summed E-state index contributed by atoms with van der Waals surface area (Å²) in [6.45, 7) is 0.704. The van der Waals surface area contributed by atoms with Gasteiger partial charge in [-0.1, -0.05) is 17.8 Å². The first-order valence-corrected chi connectivity index (χ1v) is 10.2. The van der Waals surface area contributed by atoms with Crippen LogP contribution >= 0.6 is 39.0 Å². The lowest BCUT2D eigenvalue weighted by molar-refractivity contribution is -0.113. The normalized spacial score (nSPS) is 10.9. The number of thiophene rings is 1. The third-order valence-corrected chi connectivity index (χ3v) is 5.91. The highest BCUT2D eigenvalue weighted by atomic mass is 79.9. The molecule has 0 atom stereocenters. The van der Waals surface area contributed by atoms with Gasteiger partial charge in [-0.05, 0) is 39.9 Å². The monoisotopic (exact) mass is 458 g/mol. The third kappa shape index (κ3) is 4.89. The fourth-order valence-corrected chi connectivity index (χ4v) is 4.11. The van der Waals surface area contributed by atoms with Gasteiger partial charge in [0.1, 0.15) is 12.1 Å². The van der Waals surface area contributed by atoms with Crippen molar-refractivity contribution >= 4 is 50.6 Å². The fourth-order valence-electron chi connectivity index (χ4n) is 2.16. The predicted molar refractivity (Wildman–Crippen MR) is 101 cm³/mol. The summed E-state index contributed by atoms with van der Waals surface area (Å²) in [5, 5.41) is 13.0. The minimum atomic E-state index is -0.839. The maximum atomic E-state index is 13.8. The lowest BCUT2D eigenvalue weighted by Gasteiger charge is -2.09. The highest BCUT2D eigenvalue weighted by Gasteiger charge is 2.14. The zero-order chi connectivity index (χ0) is 18.5. The largest absolute Gasteiger partial charge is 0.322 e. The van der Waals surface area contributed by atoms with Crippen molar-refractivity contribution < 1.29 is 13.6 Å².